The van der Waals surface area contributed by atoms with Crippen molar-refractivity contribution in [1.82, 2.24) is 10.6 Å². The molecule has 5 heteroatoms. The van der Waals surface area contributed by atoms with E-state index in [1.165, 1.54) is 0 Å². The normalized spacial score (nSPS) is 15.2. The van der Waals surface area contributed by atoms with Crippen LogP contribution in [0.3, 0.4) is 0 Å². The molecule has 0 aromatic rings. The van der Waals surface area contributed by atoms with E-state index in [1.807, 2.05) is 20.8 Å². The van der Waals surface area contributed by atoms with Crippen molar-refractivity contribution in [2.24, 2.45) is 11.3 Å². The van der Waals surface area contributed by atoms with Crippen molar-refractivity contribution >= 4 is 12.0 Å². The van der Waals surface area contributed by atoms with Gasteiger partial charge in [-0.2, -0.15) is 0 Å². The first-order chi connectivity index (χ1) is 7.55. The zero-order valence-corrected chi connectivity index (χ0v) is 11.5. The van der Waals surface area contributed by atoms with Crippen LogP contribution < -0.4 is 10.6 Å². The summed E-state index contributed by atoms with van der Waals surface area (Å²) in [5.41, 5.74) is -0.524. The van der Waals surface area contributed by atoms with Gasteiger partial charge in [-0.05, 0) is 18.3 Å². The molecule has 100 valence electrons. The van der Waals surface area contributed by atoms with Crippen molar-refractivity contribution in [2.75, 3.05) is 0 Å². The van der Waals surface area contributed by atoms with E-state index in [1.54, 1.807) is 20.8 Å². The molecule has 0 aliphatic carbocycles. The monoisotopic (exact) mass is 244 g/mol. The highest BCUT2D eigenvalue weighted by molar-refractivity contribution is 5.83. The lowest BCUT2D eigenvalue weighted by molar-refractivity contribution is -0.141. The number of carboxylic acids is 1. The molecule has 2 atom stereocenters. The smallest absolute Gasteiger partial charge is 0.326 e. The molecular formula is C12H24N2O3. The largest absolute Gasteiger partial charge is 0.480 e. The van der Waals surface area contributed by atoms with Gasteiger partial charge in [0.15, 0.2) is 0 Å². The zero-order chi connectivity index (χ0) is 13.8. The second kappa shape index (κ2) is 5.89. The molecule has 0 radical (unpaired) electrons. The fraction of sp³-hybridized carbons (Fsp3) is 0.833. The Bertz CT molecular complexity index is 282. The number of nitrogens with one attached hydrogen (secondary N) is 2. The number of carbonyl (C=O) groups is 2. The van der Waals surface area contributed by atoms with Gasteiger partial charge in [0.2, 0.25) is 0 Å². The number of carbonyl (C=O) groups excluding carboxylic acids is 1. The zero-order valence-electron chi connectivity index (χ0n) is 11.5. The first-order valence-corrected chi connectivity index (χ1v) is 5.85. The van der Waals surface area contributed by atoms with Crippen molar-refractivity contribution in [3.63, 3.8) is 0 Å². The van der Waals surface area contributed by atoms with Gasteiger partial charge in [0.05, 0.1) is 0 Å². The summed E-state index contributed by atoms with van der Waals surface area (Å²) in [5.74, 6) is -0.719. The summed E-state index contributed by atoms with van der Waals surface area (Å²) in [6, 6.07) is -1.33. The molecular weight excluding hydrogens is 220 g/mol. The molecule has 0 saturated carbocycles. The van der Waals surface area contributed by atoms with Gasteiger partial charge >= 0.3 is 12.0 Å². The second-order valence-electron chi connectivity index (χ2n) is 5.79. The molecule has 17 heavy (non-hydrogen) atoms. The fourth-order valence-electron chi connectivity index (χ4n) is 1.19. The topological polar surface area (TPSA) is 78.4 Å². The molecule has 0 heterocycles. The standard InChI is InChI=1S/C12H24N2O3/c1-7(2)8(3)13-11(17)14-9(10(15)16)12(4,5)6/h7-9H,1-6H3,(H,15,16)(H2,13,14,17). The SMILES string of the molecule is CC(C)C(C)NC(=O)NC(C(=O)O)C(C)(C)C. The summed E-state index contributed by atoms with van der Waals surface area (Å²) in [6.07, 6.45) is 0. The van der Waals surface area contributed by atoms with Gasteiger partial charge in [-0.15, -0.1) is 0 Å². The summed E-state index contributed by atoms with van der Waals surface area (Å²) >= 11 is 0. The number of carboxylic acid groups (broad SMARTS) is 1. The molecule has 0 saturated heterocycles. The van der Waals surface area contributed by atoms with Crippen molar-refractivity contribution < 1.29 is 14.7 Å². The number of amides is 2. The predicted octanol–water partition coefficient (Wildman–Crippen LogP) is 1.83. The molecule has 0 spiro atoms. The van der Waals surface area contributed by atoms with E-state index in [0.29, 0.717) is 5.92 Å². The molecule has 0 aromatic heterocycles. The van der Waals surface area contributed by atoms with Gasteiger partial charge in [-0.3, -0.25) is 0 Å². The first kappa shape index (κ1) is 15.7. The number of rotatable bonds is 4. The summed E-state index contributed by atoms with van der Waals surface area (Å²) in [4.78, 5) is 22.7. The summed E-state index contributed by atoms with van der Waals surface area (Å²) < 4.78 is 0. The Labute approximate surface area is 103 Å². The highest BCUT2D eigenvalue weighted by Gasteiger charge is 2.32. The fourth-order valence-corrected chi connectivity index (χ4v) is 1.19. The molecule has 3 N–H and O–H groups in total. The van der Waals surface area contributed by atoms with Crippen LogP contribution in [0.4, 0.5) is 4.79 Å². The van der Waals surface area contributed by atoms with Gasteiger partial charge in [0.1, 0.15) is 6.04 Å². The molecule has 5 nitrogen and oxygen atoms in total. The highest BCUT2D eigenvalue weighted by atomic mass is 16.4. The first-order valence-electron chi connectivity index (χ1n) is 5.85. The van der Waals surface area contributed by atoms with Gasteiger partial charge in [0, 0.05) is 6.04 Å². The molecule has 0 rings (SSSR count). The quantitative estimate of drug-likeness (QED) is 0.706. The van der Waals surface area contributed by atoms with E-state index in [0.717, 1.165) is 0 Å². The van der Waals surface area contributed by atoms with Crippen LogP contribution in [-0.2, 0) is 4.79 Å². The summed E-state index contributed by atoms with van der Waals surface area (Å²) in [6.45, 7) is 11.2. The van der Waals surface area contributed by atoms with Gasteiger partial charge in [-0.25, -0.2) is 9.59 Å². The Morgan fingerprint density at radius 1 is 1.06 bits per heavy atom. The van der Waals surface area contributed by atoms with Crippen LogP contribution in [0.15, 0.2) is 0 Å². The number of aliphatic carboxylic acids is 1. The van der Waals surface area contributed by atoms with Crippen LogP contribution in [-0.4, -0.2) is 29.2 Å². The maximum Gasteiger partial charge on any atom is 0.326 e. The van der Waals surface area contributed by atoms with Crippen LogP contribution >= 0.6 is 0 Å². The lowest BCUT2D eigenvalue weighted by atomic mass is 9.87. The average molecular weight is 244 g/mol. The molecule has 2 unspecified atom stereocenters. The summed E-state index contributed by atoms with van der Waals surface area (Å²) in [7, 11) is 0. The third-order valence-corrected chi connectivity index (χ3v) is 2.75. The average Bonchev–Trinajstić information content (AvgIpc) is 2.11. The Kier molecular flexibility index (Phi) is 5.45. The maximum atomic E-state index is 11.6. The van der Waals surface area contributed by atoms with Crippen molar-refractivity contribution in [1.29, 1.82) is 0 Å². The molecule has 0 aromatic carbocycles. The van der Waals surface area contributed by atoms with E-state index in [-0.39, 0.29) is 6.04 Å². The number of hydrogen-bond donors (Lipinski definition) is 3. The Hall–Kier alpha value is -1.26. The molecule has 0 aliphatic rings. The lowest BCUT2D eigenvalue weighted by Gasteiger charge is -2.28. The molecule has 2 amide bonds. The third kappa shape index (κ3) is 5.56. The van der Waals surface area contributed by atoms with Crippen LogP contribution in [0.25, 0.3) is 0 Å². The Morgan fingerprint density at radius 2 is 1.53 bits per heavy atom. The van der Waals surface area contributed by atoms with Crippen LogP contribution in [0, 0.1) is 11.3 Å². The minimum absolute atomic E-state index is 0.00409. The molecule has 0 fully saturated rings. The summed E-state index contributed by atoms with van der Waals surface area (Å²) in [5, 5.41) is 14.3. The Morgan fingerprint density at radius 3 is 1.82 bits per heavy atom. The number of hydrogen-bond acceptors (Lipinski definition) is 2. The molecule has 0 aliphatic heterocycles. The van der Waals surface area contributed by atoms with Gasteiger partial charge in [-0.1, -0.05) is 34.6 Å². The Balaban J connectivity index is 4.49. The van der Waals surface area contributed by atoms with Crippen molar-refractivity contribution in [2.45, 2.75) is 53.6 Å². The van der Waals surface area contributed by atoms with Crippen LogP contribution in [0.1, 0.15) is 41.5 Å². The lowest BCUT2D eigenvalue weighted by Crippen LogP contribution is -2.54. The highest BCUT2D eigenvalue weighted by Crippen LogP contribution is 2.19. The molecule has 0 bridgehead atoms. The predicted molar refractivity (Wildman–Crippen MR) is 66.8 cm³/mol. The van der Waals surface area contributed by atoms with Crippen LogP contribution in [0.5, 0.6) is 0 Å². The van der Waals surface area contributed by atoms with Crippen molar-refractivity contribution in [3.05, 3.63) is 0 Å². The minimum Gasteiger partial charge on any atom is -0.480 e. The number of urea groups is 1. The minimum atomic E-state index is -1.02. The third-order valence-electron chi connectivity index (χ3n) is 2.75. The van der Waals surface area contributed by atoms with Crippen LogP contribution in [0.2, 0.25) is 0 Å². The van der Waals surface area contributed by atoms with Crippen molar-refractivity contribution in [3.8, 4) is 0 Å². The van der Waals surface area contributed by atoms with E-state index in [4.69, 9.17) is 5.11 Å². The van der Waals surface area contributed by atoms with E-state index in [2.05, 4.69) is 10.6 Å². The maximum absolute atomic E-state index is 11.6. The van der Waals surface area contributed by atoms with E-state index < -0.39 is 23.5 Å². The second-order valence-corrected chi connectivity index (χ2v) is 5.79. The van der Waals surface area contributed by atoms with Gasteiger partial charge < -0.3 is 15.7 Å². The van der Waals surface area contributed by atoms with E-state index in [9.17, 15) is 9.59 Å². The van der Waals surface area contributed by atoms with Gasteiger partial charge in [0.25, 0.3) is 0 Å². The van der Waals surface area contributed by atoms with E-state index >= 15 is 0 Å².